The molecule has 0 aliphatic rings. The van der Waals surface area contributed by atoms with Gasteiger partial charge in [0, 0.05) is 18.0 Å². The van der Waals surface area contributed by atoms with Gasteiger partial charge in [0.2, 0.25) is 11.3 Å². The van der Waals surface area contributed by atoms with Crippen molar-refractivity contribution in [2.45, 2.75) is 13.1 Å². The number of aryl methyl sites for hydroxylation is 1. The van der Waals surface area contributed by atoms with Crippen LogP contribution in [0, 0.1) is 6.92 Å². The van der Waals surface area contributed by atoms with E-state index in [4.69, 9.17) is 4.74 Å². The van der Waals surface area contributed by atoms with Gasteiger partial charge in [0.15, 0.2) is 5.69 Å². The van der Waals surface area contributed by atoms with E-state index in [2.05, 4.69) is 15.4 Å². The summed E-state index contributed by atoms with van der Waals surface area (Å²) >= 11 is 0. The Morgan fingerprint density at radius 3 is 2.50 bits per heavy atom. The maximum absolute atomic E-state index is 13.1. The number of anilines is 1. The van der Waals surface area contributed by atoms with Crippen LogP contribution in [-0.2, 0) is 6.18 Å². The van der Waals surface area contributed by atoms with Gasteiger partial charge in [-0.15, -0.1) is 0 Å². The first kappa shape index (κ1) is 22.7. The molecule has 1 N–H and O–H groups in total. The van der Waals surface area contributed by atoms with Crippen molar-refractivity contribution in [1.29, 1.82) is 0 Å². The molecule has 7 nitrogen and oxygen atoms in total. The molecule has 2 aromatic carbocycles. The lowest BCUT2D eigenvalue weighted by Gasteiger charge is -2.14. The molecular formula is C24H17F3N4O3. The first-order chi connectivity index (χ1) is 16.2. The summed E-state index contributed by atoms with van der Waals surface area (Å²) in [4.78, 5) is 29.5. The fourth-order valence-electron chi connectivity index (χ4n) is 3.13. The average molecular weight is 466 g/mol. The smallest absolute Gasteiger partial charge is 0.416 e. The zero-order valence-corrected chi connectivity index (χ0v) is 17.7. The van der Waals surface area contributed by atoms with Crippen LogP contribution in [0.2, 0.25) is 0 Å². The number of carbonyl (C=O) groups is 1. The summed E-state index contributed by atoms with van der Waals surface area (Å²) < 4.78 is 46.2. The zero-order chi connectivity index (χ0) is 24.3. The monoisotopic (exact) mass is 466 g/mol. The van der Waals surface area contributed by atoms with Crippen LogP contribution < -0.4 is 15.5 Å². The first-order valence-electron chi connectivity index (χ1n) is 10.0. The molecule has 0 aliphatic heterocycles. The van der Waals surface area contributed by atoms with Crippen LogP contribution in [0.15, 0.2) is 83.8 Å². The van der Waals surface area contributed by atoms with E-state index in [9.17, 15) is 22.8 Å². The highest BCUT2D eigenvalue weighted by Crippen LogP contribution is 2.30. The molecule has 2 aromatic heterocycles. The first-order valence-corrected chi connectivity index (χ1v) is 10.0. The number of nitrogens with one attached hydrogen (secondary N) is 1. The Bertz CT molecular complexity index is 1400. The lowest BCUT2D eigenvalue weighted by Crippen LogP contribution is -2.27. The molecule has 0 aliphatic carbocycles. The van der Waals surface area contributed by atoms with Crippen LogP contribution in [0.3, 0.4) is 0 Å². The fraction of sp³-hybridized carbons (Fsp3) is 0.0833. The maximum Gasteiger partial charge on any atom is 0.416 e. The van der Waals surface area contributed by atoms with Crippen molar-refractivity contribution < 1.29 is 22.7 Å². The van der Waals surface area contributed by atoms with Gasteiger partial charge in [0.1, 0.15) is 11.4 Å². The van der Waals surface area contributed by atoms with Gasteiger partial charge in [-0.05, 0) is 49.4 Å². The summed E-state index contributed by atoms with van der Waals surface area (Å²) in [6, 6.07) is 17.4. The largest absolute Gasteiger partial charge is 0.437 e. The molecule has 10 heteroatoms. The Morgan fingerprint density at radius 2 is 1.76 bits per heavy atom. The molecule has 0 atom stereocenters. The van der Waals surface area contributed by atoms with Gasteiger partial charge in [0.05, 0.1) is 11.3 Å². The number of benzene rings is 2. The predicted molar refractivity (Wildman–Crippen MR) is 118 cm³/mol. The van der Waals surface area contributed by atoms with Crippen molar-refractivity contribution in [3.8, 4) is 17.3 Å². The molecule has 1 amide bonds. The van der Waals surface area contributed by atoms with Crippen LogP contribution in [0.1, 0.15) is 21.7 Å². The van der Waals surface area contributed by atoms with Crippen molar-refractivity contribution in [2.75, 3.05) is 5.32 Å². The number of amides is 1. The second-order valence-corrected chi connectivity index (χ2v) is 7.18. The van der Waals surface area contributed by atoms with E-state index in [0.29, 0.717) is 5.75 Å². The number of carbonyl (C=O) groups excluding carboxylic acids is 1. The van der Waals surface area contributed by atoms with Gasteiger partial charge in [0.25, 0.3) is 5.91 Å². The minimum Gasteiger partial charge on any atom is -0.437 e. The normalized spacial score (nSPS) is 11.2. The van der Waals surface area contributed by atoms with Gasteiger partial charge in [-0.1, -0.05) is 24.3 Å². The number of ether oxygens (including phenoxy) is 1. The van der Waals surface area contributed by atoms with Gasteiger partial charge in [-0.3, -0.25) is 9.59 Å². The second kappa shape index (κ2) is 9.18. The number of pyridine rings is 1. The Kier molecular flexibility index (Phi) is 6.13. The average Bonchev–Trinajstić information content (AvgIpc) is 2.80. The van der Waals surface area contributed by atoms with E-state index < -0.39 is 28.8 Å². The number of rotatable bonds is 5. The third kappa shape index (κ3) is 4.96. The van der Waals surface area contributed by atoms with Crippen molar-refractivity contribution >= 4 is 11.6 Å². The molecule has 0 spiro atoms. The number of hydrogen-bond donors (Lipinski definition) is 1. The lowest BCUT2D eigenvalue weighted by atomic mass is 10.2. The minimum atomic E-state index is -4.56. The van der Waals surface area contributed by atoms with Gasteiger partial charge < -0.3 is 10.1 Å². The summed E-state index contributed by atoms with van der Waals surface area (Å²) in [5, 5.41) is 6.58. The Balaban J connectivity index is 1.67. The summed E-state index contributed by atoms with van der Waals surface area (Å²) in [6.07, 6.45) is -3.09. The van der Waals surface area contributed by atoms with E-state index in [-0.39, 0.29) is 22.9 Å². The Morgan fingerprint density at radius 1 is 1.00 bits per heavy atom. The molecule has 4 aromatic rings. The third-order valence-electron chi connectivity index (χ3n) is 4.72. The quantitative estimate of drug-likeness (QED) is 0.447. The number of alkyl halides is 3. The third-order valence-corrected chi connectivity index (χ3v) is 4.72. The topological polar surface area (TPSA) is 86.1 Å². The number of halogens is 3. The Hall–Kier alpha value is -4.47. The molecule has 0 fully saturated rings. The standard InChI is InChI=1S/C24H17F3N4O3/c1-15-13-20(32)21(30-31(15)17-8-5-7-16(14-17)24(25,26)27)22(33)29-19-11-6-12-28-23(19)34-18-9-3-2-4-10-18/h2-14H,1H3,(H,29,33). The molecular weight excluding hydrogens is 449 g/mol. The molecule has 0 saturated heterocycles. The van der Waals surface area contributed by atoms with Crippen LogP contribution >= 0.6 is 0 Å². The van der Waals surface area contributed by atoms with Crippen molar-refractivity contribution in [3.05, 3.63) is 106 Å². The molecule has 2 heterocycles. The number of para-hydroxylation sites is 1. The SMILES string of the molecule is Cc1cc(=O)c(C(=O)Nc2cccnc2Oc2ccccc2)nn1-c1cccc(C(F)(F)F)c1. The van der Waals surface area contributed by atoms with Crippen LogP contribution in [0.5, 0.6) is 11.6 Å². The number of aromatic nitrogens is 3. The summed E-state index contributed by atoms with van der Waals surface area (Å²) in [5.41, 5.74) is -1.57. The van der Waals surface area contributed by atoms with Gasteiger partial charge in [-0.25, -0.2) is 9.67 Å². The molecule has 172 valence electrons. The minimum absolute atomic E-state index is 0.0517. The van der Waals surface area contributed by atoms with Crippen molar-refractivity contribution in [2.24, 2.45) is 0 Å². The number of nitrogens with zero attached hydrogens (tertiary/aromatic N) is 3. The summed E-state index contributed by atoms with van der Waals surface area (Å²) in [5.74, 6) is -0.291. The van der Waals surface area contributed by atoms with E-state index in [0.717, 1.165) is 22.9 Å². The Labute approximate surface area is 191 Å². The van der Waals surface area contributed by atoms with E-state index in [1.165, 1.54) is 31.3 Å². The van der Waals surface area contributed by atoms with Crippen molar-refractivity contribution in [3.63, 3.8) is 0 Å². The highest BCUT2D eigenvalue weighted by Gasteiger charge is 2.30. The molecule has 0 saturated carbocycles. The van der Waals surface area contributed by atoms with Crippen molar-refractivity contribution in [1.82, 2.24) is 14.8 Å². The number of hydrogen-bond acceptors (Lipinski definition) is 5. The van der Waals surface area contributed by atoms with Crippen LogP contribution in [-0.4, -0.2) is 20.7 Å². The van der Waals surface area contributed by atoms with Gasteiger partial charge in [-0.2, -0.15) is 18.3 Å². The van der Waals surface area contributed by atoms with E-state index >= 15 is 0 Å². The molecule has 0 bridgehead atoms. The van der Waals surface area contributed by atoms with Gasteiger partial charge >= 0.3 is 6.18 Å². The lowest BCUT2D eigenvalue weighted by molar-refractivity contribution is -0.137. The highest BCUT2D eigenvalue weighted by atomic mass is 19.4. The summed E-state index contributed by atoms with van der Waals surface area (Å²) in [6.45, 7) is 1.50. The highest BCUT2D eigenvalue weighted by molar-refractivity contribution is 6.03. The molecule has 0 radical (unpaired) electrons. The fourth-order valence-corrected chi connectivity index (χ4v) is 3.13. The molecule has 34 heavy (non-hydrogen) atoms. The second-order valence-electron chi connectivity index (χ2n) is 7.18. The summed E-state index contributed by atoms with van der Waals surface area (Å²) in [7, 11) is 0. The molecule has 0 unspecified atom stereocenters. The maximum atomic E-state index is 13.1. The zero-order valence-electron chi connectivity index (χ0n) is 17.7. The van der Waals surface area contributed by atoms with E-state index in [1.54, 1.807) is 30.3 Å². The molecule has 4 rings (SSSR count). The van der Waals surface area contributed by atoms with Crippen LogP contribution in [0.25, 0.3) is 5.69 Å². The van der Waals surface area contributed by atoms with E-state index in [1.807, 2.05) is 6.07 Å². The van der Waals surface area contributed by atoms with Crippen LogP contribution in [0.4, 0.5) is 18.9 Å². The predicted octanol–water partition coefficient (Wildman–Crippen LogP) is 5.00.